The Morgan fingerprint density at radius 2 is 1.85 bits per heavy atom. The fourth-order valence-electron chi connectivity index (χ4n) is 3.57. The van der Waals surface area contributed by atoms with E-state index in [1.165, 1.54) is 30.5 Å². The van der Waals surface area contributed by atoms with Gasteiger partial charge in [-0.15, -0.1) is 0 Å². The summed E-state index contributed by atoms with van der Waals surface area (Å²) in [6.45, 7) is 5.98. The SMILES string of the molecule is CCOc1cc(C=NNC(=O)C(NC(=O)c2ccc(F)cc2)C(C)C)cc(Br)c1OCc1ccccc1C#N. The molecule has 3 rings (SSSR count). The van der Waals surface area contributed by atoms with Gasteiger partial charge in [0.1, 0.15) is 18.5 Å². The lowest BCUT2D eigenvalue weighted by Crippen LogP contribution is -2.48. The lowest BCUT2D eigenvalue weighted by Gasteiger charge is -2.20. The van der Waals surface area contributed by atoms with Crippen molar-refractivity contribution >= 4 is 34.0 Å². The second-order valence-corrected chi connectivity index (χ2v) is 9.61. The molecule has 0 aliphatic rings. The van der Waals surface area contributed by atoms with Crippen molar-refractivity contribution in [1.82, 2.24) is 10.7 Å². The Labute approximate surface area is 235 Å². The number of carbonyl (C=O) groups is 2. The van der Waals surface area contributed by atoms with Crippen LogP contribution in [0.5, 0.6) is 11.5 Å². The summed E-state index contributed by atoms with van der Waals surface area (Å²) >= 11 is 3.50. The topological polar surface area (TPSA) is 113 Å². The predicted molar refractivity (Wildman–Crippen MR) is 149 cm³/mol. The second-order valence-electron chi connectivity index (χ2n) is 8.76. The predicted octanol–water partition coefficient (Wildman–Crippen LogP) is 5.34. The van der Waals surface area contributed by atoms with Gasteiger partial charge in [0.2, 0.25) is 0 Å². The molecule has 3 aromatic rings. The van der Waals surface area contributed by atoms with Crippen molar-refractivity contribution < 1.29 is 23.5 Å². The standard InChI is InChI=1S/C29H28BrFN4O4/c1-4-38-25-14-19(13-24(30)27(25)39-17-22-8-6-5-7-21(22)15-32)16-33-35-29(37)26(18(2)3)34-28(36)20-9-11-23(31)12-10-20/h5-14,16,18,26H,4,17H2,1-3H3,(H,34,36)(H,35,37). The second kappa shape index (κ2) is 14.1. The van der Waals surface area contributed by atoms with E-state index >= 15 is 0 Å². The minimum absolute atomic E-state index is 0.173. The largest absolute Gasteiger partial charge is 0.490 e. The molecule has 0 aliphatic heterocycles. The number of hydrogen-bond donors (Lipinski definition) is 2. The maximum Gasteiger partial charge on any atom is 0.262 e. The van der Waals surface area contributed by atoms with Crippen molar-refractivity contribution in [2.75, 3.05) is 6.61 Å². The summed E-state index contributed by atoms with van der Waals surface area (Å²) in [6, 6.07) is 17.0. The number of nitrogens with zero attached hydrogens (tertiary/aromatic N) is 2. The molecule has 0 aromatic heterocycles. The van der Waals surface area contributed by atoms with Crippen LogP contribution >= 0.6 is 15.9 Å². The van der Waals surface area contributed by atoms with Gasteiger partial charge in [-0.2, -0.15) is 10.4 Å². The van der Waals surface area contributed by atoms with Gasteiger partial charge in [-0.3, -0.25) is 9.59 Å². The van der Waals surface area contributed by atoms with Gasteiger partial charge < -0.3 is 14.8 Å². The minimum atomic E-state index is -0.863. The van der Waals surface area contributed by atoms with Crippen LogP contribution in [0.4, 0.5) is 4.39 Å². The number of rotatable bonds is 11. The van der Waals surface area contributed by atoms with E-state index in [2.05, 4.69) is 37.8 Å². The number of hydrogen-bond acceptors (Lipinski definition) is 6. The highest BCUT2D eigenvalue weighted by Crippen LogP contribution is 2.37. The lowest BCUT2D eigenvalue weighted by molar-refractivity contribution is -0.123. The molecular formula is C29H28BrFN4O4. The monoisotopic (exact) mass is 594 g/mol. The van der Waals surface area contributed by atoms with Crippen LogP contribution in [-0.4, -0.2) is 30.7 Å². The molecule has 0 bridgehead atoms. The molecule has 3 aromatic carbocycles. The highest BCUT2D eigenvalue weighted by atomic mass is 79.9. The van der Waals surface area contributed by atoms with Gasteiger partial charge in [-0.1, -0.05) is 32.0 Å². The third-order valence-electron chi connectivity index (χ3n) is 5.57. The summed E-state index contributed by atoms with van der Waals surface area (Å²) in [6.07, 6.45) is 1.44. The number of nitriles is 1. The summed E-state index contributed by atoms with van der Waals surface area (Å²) in [5.74, 6) is -0.758. The molecule has 0 saturated carbocycles. The Hall–Kier alpha value is -4.23. The normalized spacial score (nSPS) is 11.6. The molecule has 0 radical (unpaired) electrons. The van der Waals surface area contributed by atoms with Crippen LogP contribution in [0.2, 0.25) is 0 Å². The minimum Gasteiger partial charge on any atom is -0.490 e. The zero-order valence-corrected chi connectivity index (χ0v) is 23.3. The maximum atomic E-state index is 13.2. The Morgan fingerprint density at radius 3 is 2.51 bits per heavy atom. The number of nitrogens with one attached hydrogen (secondary N) is 2. The summed E-state index contributed by atoms with van der Waals surface area (Å²) in [7, 11) is 0. The summed E-state index contributed by atoms with van der Waals surface area (Å²) < 4.78 is 25.5. The van der Waals surface area contributed by atoms with E-state index in [0.717, 1.165) is 5.56 Å². The molecule has 1 unspecified atom stereocenters. The van der Waals surface area contributed by atoms with Crippen molar-refractivity contribution in [2.24, 2.45) is 11.0 Å². The van der Waals surface area contributed by atoms with E-state index in [1.807, 2.05) is 19.1 Å². The first-order chi connectivity index (χ1) is 18.7. The third kappa shape index (κ3) is 8.12. The highest BCUT2D eigenvalue weighted by Gasteiger charge is 2.24. The zero-order valence-electron chi connectivity index (χ0n) is 21.7. The van der Waals surface area contributed by atoms with Gasteiger partial charge in [0, 0.05) is 11.1 Å². The van der Waals surface area contributed by atoms with Crippen LogP contribution in [-0.2, 0) is 11.4 Å². The Morgan fingerprint density at radius 1 is 1.13 bits per heavy atom. The molecule has 0 fully saturated rings. The Balaban J connectivity index is 1.70. The van der Waals surface area contributed by atoms with Crippen LogP contribution in [0.1, 0.15) is 47.8 Å². The molecule has 202 valence electrons. The molecule has 2 N–H and O–H groups in total. The Bertz CT molecular complexity index is 1390. The third-order valence-corrected chi connectivity index (χ3v) is 6.16. The van der Waals surface area contributed by atoms with Crippen molar-refractivity contribution in [3.05, 3.63) is 93.2 Å². The summed E-state index contributed by atoms with van der Waals surface area (Å²) in [5, 5.41) is 16.0. The molecule has 8 nitrogen and oxygen atoms in total. The molecule has 0 saturated heterocycles. The van der Waals surface area contributed by atoms with Gasteiger partial charge in [-0.05, 0) is 76.8 Å². The van der Waals surface area contributed by atoms with E-state index in [1.54, 1.807) is 38.1 Å². The van der Waals surface area contributed by atoms with Crippen molar-refractivity contribution in [2.45, 2.75) is 33.4 Å². The van der Waals surface area contributed by atoms with Crippen LogP contribution in [0, 0.1) is 23.1 Å². The zero-order chi connectivity index (χ0) is 28.4. The smallest absolute Gasteiger partial charge is 0.262 e. The molecule has 0 spiro atoms. The van der Waals surface area contributed by atoms with E-state index in [9.17, 15) is 19.2 Å². The average molecular weight is 595 g/mol. The summed E-state index contributed by atoms with van der Waals surface area (Å²) in [5.41, 5.74) is 4.59. The number of carbonyl (C=O) groups excluding carboxylic acids is 2. The van der Waals surface area contributed by atoms with E-state index in [-0.39, 0.29) is 18.1 Å². The maximum absolute atomic E-state index is 13.2. The molecule has 2 amide bonds. The first-order valence-corrected chi connectivity index (χ1v) is 13.0. The molecule has 0 aliphatic carbocycles. The van der Waals surface area contributed by atoms with Gasteiger partial charge >= 0.3 is 0 Å². The van der Waals surface area contributed by atoms with Gasteiger partial charge in [0.15, 0.2) is 11.5 Å². The van der Waals surface area contributed by atoms with Gasteiger partial charge in [-0.25, -0.2) is 9.82 Å². The lowest BCUT2D eigenvalue weighted by atomic mass is 10.0. The number of halogens is 2. The van der Waals surface area contributed by atoms with E-state index < -0.39 is 23.7 Å². The first kappa shape index (κ1) is 29.3. The molecule has 10 heteroatoms. The van der Waals surface area contributed by atoms with Crippen LogP contribution in [0.3, 0.4) is 0 Å². The van der Waals surface area contributed by atoms with Crippen LogP contribution < -0.4 is 20.2 Å². The number of benzene rings is 3. The van der Waals surface area contributed by atoms with Crippen molar-refractivity contribution in [3.63, 3.8) is 0 Å². The van der Waals surface area contributed by atoms with E-state index in [0.29, 0.717) is 33.7 Å². The number of hydrazone groups is 1. The highest BCUT2D eigenvalue weighted by molar-refractivity contribution is 9.10. The number of amides is 2. The molecule has 39 heavy (non-hydrogen) atoms. The fourth-order valence-corrected chi connectivity index (χ4v) is 4.15. The quantitative estimate of drug-likeness (QED) is 0.230. The van der Waals surface area contributed by atoms with Gasteiger partial charge in [0.25, 0.3) is 11.8 Å². The van der Waals surface area contributed by atoms with Crippen molar-refractivity contribution in [3.8, 4) is 17.6 Å². The fraction of sp³-hybridized carbons (Fsp3) is 0.241. The first-order valence-electron chi connectivity index (χ1n) is 12.2. The van der Waals surface area contributed by atoms with Gasteiger partial charge in [0.05, 0.1) is 28.9 Å². The summed E-state index contributed by atoms with van der Waals surface area (Å²) in [4.78, 5) is 25.3. The molecular weight excluding hydrogens is 567 g/mol. The molecule has 0 heterocycles. The average Bonchev–Trinajstić information content (AvgIpc) is 2.91. The van der Waals surface area contributed by atoms with Crippen LogP contribution in [0.25, 0.3) is 0 Å². The number of ether oxygens (including phenoxy) is 2. The van der Waals surface area contributed by atoms with Crippen LogP contribution in [0.15, 0.2) is 70.2 Å². The van der Waals surface area contributed by atoms with Crippen molar-refractivity contribution in [1.29, 1.82) is 5.26 Å². The Kier molecular flexibility index (Phi) is 10.6. The molecule has 1 atom stereocenters. The van der Waals surface area contributed by atoms with E-state index in [4.69, 9.17) is 9.47 Å².